The molecule has 1 nitrogen and oxygen atoms in total. The van der Waals surface area contributed by atoms with Crippen molar-refractivity contribution in [3.63, 3.8) is 0 Å². The van der Waals surface area contributed by atoms with Crippen molar-refractivity contribution in [2.24, 2.45) is 0 Å². The second-order valence-corrected chi connectivity index (χ2v) is 3.56. The summed E-state index contributed by atoms with van der Waals surface area (Å²) in [7, 11) is 0. The van der Waals surface area contributed by atoms with Crippen LogP contribution in [0.1, 0.15) is 17.5 Å². The van der Waals surface area contributed by atoms with E-state index in [2.05, 4.69) is 0 Å². The van der Waals surface area contributed by atoms with E-state index in [1.807, 2.05) is 0 Å². The highest BCUT2D eigenvalue weighted by molar-refractivity contribution is 5.46. The molecule has 13 heavy (non-hydrogen) atoms. The van der Waals surface area contributed by atoms with Crippen molar-refractivity contribution >= 4 is 5.69 Å². The van der Waals surface area contributed by atoms with Crippen LogP contribution in [0.15, 0.2) is 18.2 Å². The quantitative estimate of drug-likeness (QED) is 0.614. The number of hydrogen-bond donors (Lipinski definition) is 1. The minimum Gasteiger partial charge on any atom is -0.399 e. The fraction of sp³-hybridized carbons (Fsp3) is 0.400. The zero-order chi connectivity index (χ0) is 9.47. The highest BCUT2D eigenvalue weighted by Crippen LogP contribution is 2.33. The molecular formula is C10H11F2N. The molecule has 0 atom stereocenters. The number of fused-ring (bicyclic) bond motifs is 1. The molecular weight excluding hydrogens is 172 g/mol. The molecule has 0 saturated carbocycles. The van der Waals surface area contributed by atoms with Gasteiger partial charge in [-0.2, -0.15) is 0 Å². The summed E-state index contributed by atoms with van der Waals surface area (Å²) in [5, 5.41) is 0. The Balaban J connectivity index is 2.37. The first-order chi connectivity index (χ1) is 6.07. The van der Waals surface area contributed by atoms with Gasteiger partial charge in [0.15, 0.2) is 0 Å². The molecule has 1 aromatic rings. The molecule has 0 amide bonds. The monoisotopic (exact) mass is 183 g/mol. The number of rotatable bonds is 0. The Hall–Kier alpha value is -1.12. The van der Waals surface area contributed by atoms with Crippen LogP contribution < -0.4 is 5.73 Å². The average molecular weight is 183 g/mol. The lowest BCUT2D eigenvalue weighted by Crippen LogP contribution is -2.25. The van der Waals surface area contributed by atoms with Gasteiger partial charge >= 0.3 is 0 Å². The van der Waals surface area contributed by atoms with Gasteiger partial charge in [0, 0.05) is 18.5 Å². The first kappa shape index (κ1) is 8.48. The van der Waals surface area contributed by atoms with Crippen molar-refractivity contribution in [2.75, 3.05) is 5.73 Å². The molecule has 70 valence electrons. The Bertz CT molecular complexity index is 334. The van der Waals surface area contributed by atoms with Crippen LogP contribution >= 0.6 is 0 Å². The molecule has 0 unspecified atom stereocenters. The van der Waals surface area contributed by atoms with Crippen LogP contribution in [0.25, 0.3) is 0 Å². The summed E-state index contributed by atoms with van der Waals surface area (Å²) < 4.78 is 25.9. The zero-order valence-corrected chi connectivity index (χ0v) is 7.19. The van der Waals surface area contributed by atoms with E-state index in [-0.39, 0.29) is 12.8 Å². The largest absolute Gasteiger partial charge is 0.399 e. The Labute approximate surface area is 75.6 Å². The summed E-state index contributed by atoms with van der Waals surface area (Å²) in [5.41, 5.74) is 7.94. The topological polar surface area (TPSA) is 26.0 Å². The Morgan fingerprint density at radius 2 is 2.00 bits per heavy atom. The normalized spacial score (nSPS) is 19.5. The summed E-state index contributed by atoms with van der Waals surface area (Å²) in [6, 6.07) is 5.18. The van der Waals surface area contributed by atoms with Crippen molar-refractivity contribution in [1.29, 1.82) is 0 Å². The number of nitrogens with two attached hydrogens (primary N) is 1. The molecule has 0 bridgehead atoms. The maximum Gasteiger partial charge on any atom is 0.252 e. The number of aryl methyl sites for hydroxylation is 1. The lowest BCUT2D eigenvalue weighted by molar-refractivity contribution is -0.0122. The molecule has 0 fully saturated rings. The van der Waals surface area contributed by atoms with Crippen molar-refractivity contribution in [2.45, 2.75) is 25.2 Å². The molecule has 0 aromatic heterocycles. The summed E-state index contributed by atoms with van der Waals surface area (Å²) in [4.78, 5) is 0. The van der Waals surface area contributed by atoms with Gasteiger partial charge in [0.05, 0.1) is 0 Å². The number of anilines is 1. The van der Waals surface area contributed by atoms with E-state index in [9.17, 15) is 8.78 Å². The van der Waals surface area contributed by atoms with Crippen LogP contribution in [0, 0.1) is 0 Å². The lowest BCUT2D eigenvalue weighted by Gasteiger charge is -2.24. The van der Waals surface area contributed by atoms with E-state index in [0.717, 1.165) is 11.1 Å². The molecule has 1 aliphatic rings. The van der Waals surface area contributed by atoms with Crippen LogP contribution in [-0.2, 0) is 12.8 Å². The Morgan fingerprint density at radius 1 is 1.23 bits per heavy atom. The number of benzene rings is 1. The highest BCUT2D eigenvalue weighted by atomic mass is 19.3. The van der Waals surface area contributed by atoms with Gasteiger partial charge in [0.2, 0.25) is 0 Å². The van der Waals surface area contributed by atoms with Crippen molar-refractivity contribution in [3.05, 3.63) is 29.3 Å². The van der Waals surface area contributed by atoms with Crippen molar-refractivity contribution < 1.29 is 8.78 Å². The van der Waals surface area contributed by atoms with Gasteiger partial charge in [0.25, 0.3) is 5.92 Å². The standard InChI is InChI=1S/C10H11F2N/c11-10(12)4-3-7-5-9(13)2-1-8(7)6-10/h1-2,5H,3-4,6,13H2. The van der Waals surface area contributed by atoms with Crippen LogP contribution in [0.2, 0.25) is 0 Å². The molecule has 1 aromatic carbocycles. The van der Waals surface area contributed by atoms with E-state index in [4.69, 9.17) is 5.73 Å². The van der Waals surface area contributed by atoms with Gasteiger partial charge < -0.3 is 5.73 Å². The average Bonchev–Trinajstić information content (AvgIpc) is 2.05. The van der Waals surface area contributed by atoms with Gasteiger partial charge in [-0.05, 0) is 29.7 Å². The summed E-state index contributed by atoms with van der Waals surface area (Å²) >= 11 is 0. The Kier molecular flexibility index (Phi) is 1.75. The Morgan fingerprint density at radius 3 is 2.77 bits per heavy atom. The minimum atomic E-state index is -2.52. The van der Waals surface area contributed by atoms with E-state index < -0.39 is 5.92 Å². The third-order valence-electron chi connectivity index (χ3n) is 2.44. The number of alkyl halides is 2. The fourth-order valence-corrected chi connectivity index (χ4v) is 1.74. The van der Waals surface area contributed by atoms with Crippen LogP contribution in [0.3, 0.4) is 0 Å². The van der Waals surface area contributed by atoms with Gasteiger partial charge in [-0.15, -0.1) is 0 Å². The van der Waals surface area contributed by atoms with Crippen LogP contribution in [0.5, 0.6) is 0 Å². The van der Waals surface area contributed by atoms with Crippen molar-refractivity contribution in [3.8, 4) is 0 Å². The zero-order valence-electron chi connectivity index (χ0n) is 7.19. The third-order valence-corrected chi connectivity index (χ3v) is 2.44. The molecule has 0 aliphatic heterocycles. The van der Waals surface area contributed by atoms with E-state index >= 15 is 0 Å². The second kappa shape index (κ2) is 2.69. The van der Waals surface area contributed by atoms with Crippen molar-refractivity contribution in [1.82, 2.24) is 0 Å². The first-order valence-electron chi connectivity index (χ1n) is 4.32. The van der Waals surface area contributed by atoms with E-state index in [0.29, 0.717) is 12.1 Å². The van der Waals surface area contributed by atoms with Gasteiger partial charge in [-0.25, -0.2) is 8.78 Å². The molecule has 0 spiro atoms. The molecule has 2 N–H and O–H groups in total. The fourth-order valence-electron chi connectivity index (χ4n) is 1.74. The van der Waals surface area contributed by atoms with E-state index in [1.54, 1.807) is 18.2 Å². The van der Waals surface area contributed by atoms with E-state index in [1.165, 1.54) is 0 Å². The molecule has 3 heteroatoms. The summed E-state index contributed by atoms with van der Waals surface area (Å²) in [5.74, 6) is -2.52. The van der Waals surface area contributed by atoms with Crippen LogP contribution in [0.4, 0.5) is 14.5 Å². The summed E-state index contributed by atoms with van der Waals surface area (Å²) in [6.45, 7) is 0. The number of hydrogen-bond acceptors (Lipinski definition) is 1. The highest BCUT2D eigenvalue weighted by Gasteiger charge is 2.33. The maximum atomic E-state index is 13.0. The predicted molar refractivity (Wildman–Crippen MR) is 47.8 cm³/mol. The van der Waals surface area contributed by atoms with Gasteiger partial charge in [-0.3, -0.25) is 0 Å². The molecule has 0 saturated heterocycles. The third kappa shape index (κ3) is 1.64. The van der Waals surface area contributed by atoms with Crippen LogP contribution in [-0.4, -0.2) is 5.92 Å². The molecule has 2 rings (SSSR count). The number of nitrogen functional groups attached to an aromatic ring is 1. The second-order valence-electron chi connectivity index (χ2n) is 3.56. The molecule has 1 aliphatic carbocycles. The smallest absolute Gasteiger partial charge is 0.252 e. The van der Waals surface area contributed by atoms with Gasteiger partial charge in [-0.1, -0.05) is 6.07 Å². The number of halogens is 2. The minimum absolute atomic E-state index is 0.0521. The van der Waals surface area contributed by atoms with Gasteiger partial charge in [0.1, 0.15) is 0 Å². The maximum absolute atomic E-state index is 13.0. The lowest BCUT2D eigenvalue weighted by atomic mass is 9.89. The predicted octanol–water partition coefficient (Wildman–Crippen LogP) is 2.39. The molecule has 0 radical (unpaired) electrons. The summed E-state index contributed by atoms with van der Waals surface area (Å²) in [6.07, 6.45) is 0.249. The first-order valence-corrected chi connectivity index (χ1v) is 4.32. The molecule has 0 heterocycles. The SMILES string of the molecule is Nc1ccc2c(c1)CCC(F)(F)C2.